The lowest BCUT2D eigenvalue weighted by Gasteiger charge is -2.35. The van der Waals surface area contributed by atoms with E-state index >= 15 is 0 Å². The van der Waals surface area contributed by atoms with E-state index in [-0.39, 0.29) is 0 Å². The summed E-state index contributed by atoms with van der Waals surface area (Å²) >= 11 is 0. The molecule has 5 heteroatoms. The molecule has 1 aromatic carbocycles. The molecular weight excluding hydrogens is 344 g/mol. The third-order valence-electron chi connectivity index (χ3n) is 6.98. The Hall–Kier alpha value is -0.910. The Labute approximate surface area is 158 Å². The number of benzene rings is 1. The van der Waals surface area contributed by atoms with Crippen molar-refractivity contribution in [2.45, 2.75) is 57.4 Å². The predicted octanol–water partition coefficient (Wildman–Crippen LogP) is 3.43. The number of hydrogen-bond acceptors (Lipinski definition) is 3. The van der Waals surface area contributed by atoms with Crippen molar-refractivity contribution < 1.29 is 8.42 Å². The van der Waals surface area contributed by atoms with Crippen molar-refractivity contribution in [3.05, 3.63) is 29.3 Å². The Morgan fingerprint density at radius 2 is 1.62 bits per heavy atom. The zero-order chi connectivity index (χ0) is 18.5. The van der Waals surface area contributed by atoms with E-state index in [1.807, 2.05) is 26.0 Å². The van der Waals surface area contributed by atoms with Crippen LogP contribution in [0.3, 0.4) is 0 Å². The van der Waals surface area contributed by atoms with Gasteiger partial charge in [0.1, 0.15) is 0 Å². The highest BCUT2D eigenvalue weighted by molar-refractivity contribution is 7.89. The summed E-state index contributed by atoms with van der Waals surface area (Å²) in [4.78, 5) is 3.17. The molecule has 3 aliphatic rings. The molecule has 0 N–H and O–H groups in total. The van der Waals surface area contributed by atoms with Crippen molar-refractivity contribution in [1.29, 1.82) is 0 Å². The number of likely N-dealkylation sites (tertiary alicyclic amines) is 1. The van der Waals surface area contributed by atoms with Crippen molar-refractivity contribution >= 4 is 10.0 Å². The summed E-state index contributed by atoms with van der Waals surface area (Å²) in [6.07, 6.45) is 4.99. The number of sulfonamides is 1. The zero-order valence-electron chi connectivity index (χ0n) is 16.3. The summed E-state index contributed by atoms with van der Waals surface area (Å²) in [6.45, 7) is 10.2. The van der Waals surface area contributed by atoms with Gasteiger partial charge in [0.15, 0.2) is 0 Å². The molecule has 1 aromatic rings. The number of hydrogen-bond donors (Lipinski definition) is 0. The second-order valence-corrected chi connectivity index (χ2v) is 10.9. The molecular formula is C21H32N2O2S. The van der Waals surface area contributed by atoms with Gasteiger partial charge in [0.05, 0.1) is 4.90 Å². The van der Waals surface area contributed by atoms with Gasteiger partial charge < -0.3 is 4.90 Å². The molecule has 2 saturated heterocycles. The van der Waals surface area contributed by atoms with Crippen LogP contribution in [0.25, 0.3) is 0 Å². The summed E-state index contributed by atoms with van der Waals surface area (Å²) in [5.41, 5.74) is 1.97. The van der Waals surface area contributed by atoms with Crippen LogP contribution >= 0.6 is 0 Å². The minimum absolute atomic E-state index is 0.490. The van der Waals surface area contributed by atoms with Gasteiger partial charge in [0, 0.05) is 19.1 Å². The molecule has 0 bridgehead atoms. The van der Waals surface area contributed by atoms with E-state index in [0.29, 0.717) is 35.9 Å². The van der Waals surface area contributed by atoms with Gasteiger partial charge in [-0.25, -0.2) is 8.42 Å². The van der Waals surface area contributed by atoms with Gasteiger partial charge in [-0.05, 0) is 82.0 Å². The highest BCUT2D eigenvalue weighted by atomic mass is 32.2. The molecule has 2 atom stereocenters. The van der Waals surface area contributed by atoms with Crippen LogP contribution in [0.2, 0.25) is 0 Å². The van der Waals surface area contributed by atoms with Crippen LogP contribution in [0.1, 0.15) is 43.7 Å². The normalized spacial score (nSPS) is 29.3. The summed E-state index contributed by atoms with van der Waals surface area (Å²) in [5.74, 6) is 1.95. The van der Waals surface area contributed by atoms with Crippen LogP contribution in [-0.2, 0) is 10.0 Å². The first-order valence-electron chi connectivity index (χ1n) is 10.2. The van der Waals surface area contributed by atoms with Crippen molar-refractivity contribution in [3.8, 4) is 0 Å². The predicted molar refractivity (Wildman–Crippen MR) is 105 cm³/mol. The quantitative estimate of drug-likeness (QED) is 0.811. The van der Waals surface area contributed by atoms with Crippen LogP contribution in [0.15, 0.2) is 23.1 Å². The SMILES string of the molecule is Cc1ccc(S(=O)(=O)N2C[C@@H]3CC(N4CCC(C)CC4)C[C@H]3C2)c(C)c1. The maximum absolute atomic E-state index is 13.1. The summed E-state index contributed by atoms with van der Waals surface area (Å²) < 4.78 is 28.0. The molecule has 0 radical (unpaired) electrons. The van der Waals surface area contributed by atoms with Crippen LogP contribution in [0.5, 0.6) is 0 Å². The lowest BCUT2D eigenvalue weighted by atomic mass is 9.97. The molecule has 144 valence electrons. The second kappa shape index (κ2) is 6.92. The molecule has 0 amide bonds. The molecule has 1 aliphatic carbocycles. The summed E-state index contributed by atoms with van der Waals surface area (Å²) in [5, 5.41) is 0. The van der Waals surface area contributed by atoms with Gasteiger partial charge in [-0.15, -0.1) is 0 Å². The molecule has 26 heavy (non-hydrogen) atoms. The van der Waals surface area contributed by atoms with Gasteiger partial charge in [-0.3, -0.25) is 0 Å². The molecule has 0 aromatic heterocycles. The van der Waals surface area contributed by atoms with Crippen molar-refractivity contribution in [2.75, 3.05) is 26.2 Å². The molecule has 2 aliphatic heterocycles. The third-order valence-corrected chi connectivity index (χ3v) is 8.97. The first-order valence-corrected chi connectivity index (χ1v) is 11.6. The molecule has 2 heterocycles. The second-order valence-electron chi connectivity index (χ2n) is 8.95. The molecule has 1 saturated carbocycles. The fourth-order valence-electron chi connectivity index (χ4n) is 5.34. The monoisotopic (exact) mass is 376 g/mol. The highest BCUT2D eigenvalue weighted by Crippen LogP contribution is 2.42. The fourth-order valence-corrected chi connectivity index (χ4v) is 7.10. The highest BCUT2D eigenvalue weighted by Gasteiger charge is 2.46. The van der Waals surface area contributed by atoms with Gasteiger partial charge >= 0.3 is 0 Å². The van der Waals surface area contributed by atoms with Crippen LogP contribution < -0.4 is 0 Å². The largest absolute Gasteiger partial charge is 0.300 e. The average Bonchev–Trinajstić information content (AvgIpc) is 3.14. The van der Waals surface area contributed by atoms with E-state index in [0.717, 1.165) is 17.0 Å². The number of nitrogens with zero attached hydrogens (tertiary/aromatic N) is 2. The Bertz CT molecular complexity index is 754. The molecule has 4 nitrogen and oxygen atoms in total. The van der Waals surface area contributed by atoms with E-state index in [4.69, 9.17) is 0 Å². The van der Waals surface area contributed by atoms with Gasteiger partial charge in [-0.1, -0.05) is 24.6 Å². The van der Waals surface area contributed by atoms with Gasteiger partial charge in [0.25, 0.3) is 0 Å². The fraction of sp³-hybridized carbons (Fsp3) is 0.714. The van der Waals surface area contributed by atoms with Crippen molar-refractivity contribution in [2.24, 2.45) is 17.8 Å². The molecule has 3 fully saturated rings. The molecule has 0 spiro atoms. The smallest absolute Gasteiger partial charge is 0.243 e. The first-order chi connectivity index (χ1) is 12.3. The lowest BCUT2D eigenvalue weighted by molar-refractivity contribution is 0.133. The van der Waals surface area contributed by atoms with Gasteiger partial charge in [0.2, 0.25) is 10.0 Å². The number of rotatable bonds is 3. The first kappa shape index (κ1) is 18.5. The van der Waals surface area contributed by atoms with Crippen LogP contribution in [0.4, 0.5) is 0 Å². The summed E-state index contributed by atoms with van der Waals surface area (Å²) in [6, 6.07) is 6.34. The molecule has 4 rings (SSSR count). The maximum Gasteiger partial charge on any atom is 0.243 e. The standard InChI is InChI=1S/C21H32N2O2S/c1-15-6-8-22(9-7-15)20-11-18-13-23(14-19(18)12-20)26(24,25)21-5-4-16(2)10-17(21)3/h4-5,10,15,18-20H,6-9,11-14H2,1-3H3/t18-,19-/m0/s1. The minimum Gasteiger partial charge on any atom is -0.300 e. The number of fused-ring (bicyclic) bond motifs is 1. The summed E-state index contributed by atoms with van der Waals surface area (Å²) in [7, 11) is -3.36. The van der Waals surface area contributed by atoms with E-state index in [9.17, 15) is 8.42 Å². The Morgan fingerprint density at radius 3 is 2.19 bits per heavy atom. The Kier molecular flexibility index (Phi) is 4.91. The average molecular weight is 377 g/mol. The van der Waals surface area contributed by atoms with E-state index < -0.39 is 10.0 Å². The Balaban J connectivity index is 1.43. The number of aryl methyl sites for hydroxylation is 2. The molecule has 0 unspecified atom stereocenters. The third kappa shape index (κ3) is 3.34. The number of piperidine rings is 1. The minimum atomic E-state index is -3.36. The Morgan fingerprint density at radius 1 is 1.00 bits per heavy atom. The lowest BCUT2D eigenvalue weighted by Crippen LogP contribution is -2.41. The van der Waals surface area contributed by atoms with Gasteiger partial charge in [-0.2, -0.15) is 4.31 Å². The van der Waals surface area contributed by atoms with Crippen molar-refractivity contribution in [1.82, 2.24) is 9.21 Å². The maximum atomic E-state index is 13.1. The topological polar surface area (TPSA) is 40.6 Å². The zero-order valence-corrected chi connectivity index (χ0v) is 17.1. The van der Waals surface area contributed by atoms with Crippen LogP contribution in [-0.4, -0.2) is 49.8 Å². The van der Waals surface area contributed by atoms with Crippen LogP contribution in [0, 0.1) is 31.6 Å². The van der Waals surface area contributed by atoms with Crippen molar-refractivity contribution in [3.63, 3.8) is 0 Å². The van der Waals surface area contributed by atoms with E-state index in [1.54, 1.807) is 10.4 Å². The van der Waals surface area contributed by atoms with E-state index in [2.05, 4.69) is 11.8 Å². The van der Waals surface area contributed by atoms with E-state index in [1.165, 1.54) is 38.8 Å².